The van der Waals surface area contributed by atoms with E-state index in [9.17, 15) is 0 Å². The van der Waals surface area contributed by atoms with E-state index in [1.54, 1.807) is 19.3 Å². The number of hydrogen-bond acceptors (Lipinski definition) is 2. The van der Waals surface area contributed by atoms with Gasteiger partial charge in [0, 0.05) is 18.6 Å². The highest BCUT2D eigenvalue weighted by Crippen LogP contribution is 2.68. The maximum atomic E-state index is 5.69. The van der Waals surface area contributed by atoms with Crippen molar-refractivity contribution in [2.24, 2.45) is 28.9 Å². The predicted octanol–water partition coefficient (Wildman–Crippen LogP) is 2.28. The summed E-state index contributed by atoms with van der Waals surface area (Å²) in [7, 11) is 0. The van der Waals surface area contributed by atoms with Gasteiger partial charge in [0.1, 0.15) is 0 Å². The molecule has 0 spiro atoms. The maximum absolute atomic E-state index is 5.69. The zero-order valence-corrected chi connectivity index (χ0v) is 10.9. The topological polar surface area (TPSA) is 38.0 Å². The molecule has 5 aliphatic rings. The molecule has 0 saturated heterocycles. The first kappa shape index (κ1) is 10.8. The molecule has 5 saturated carbocycles. The summed E-state index contributed by atoms with van der Waals surface area (Å²) in [5.41, 5.74) is 6.91. The Morgan fingerprint density at radius 3 is 1.88 bits per heavy atom. The molecule has 0 radical (unpaired) electrons. The van der Waals surface area contributed by atoms with Crippen LogP contribution in [0.4, 0.5) is 0 Å². The van der Waals surface area contributed by atoms with Crippen LogP contribution in [0.25, 0.3) is 0 Å². The Labute approximate surface area is 105 Å². The molecule has 0 unspecified atom stereocenters. The molecule has 0 aromatic heterocycles. The van der Waals surface area contributed by atoms with Crippen molar-refractivity contribution in [3.05, 3.63) is 0 Å². The first-order valence-electron chi connectivity index (χ1n) is 7.70. The van der Waals surface area contributed by atoms with Gasteiger partial charge in [-0.1, -0.05) is 0 Å². The fourth-order valence-electron chi connectivity index (χ4n) is 6.03. The lowest BCUT2D eigenvalue weighted by Crippen LogP contribution is -2.58. The van der Waals surface area contributed by atoms with Crippen LogP contribution in [0.2, 0.25) is 0 Å². The highest BCUT2D eigenvalue weighted by atomic mass is 15.1. The van der Waals surface area contributed by atoms with Crippen LogP contribution in [-0.4, -0.2) is 18.6 Å². The third-order valence-corrected chi connectivity index (χ3v) is 6.41. The zero-order chi connectivity index (χ0) is 11.5. The number of rotatable bonds is 4. The van der Waals surface area contributed by atoms with E-state index >= 15 is 0 Å². The van der Waals surface area contributed by atoms with Crippen LogP contribution in [-0.2, 0) is 0 Å². The largest absolute Gasteiger partial charge is 0.329 e. The molecule has 0 aromatic carbocycles. The fraction of sp³-hybridized carbons (Fsp3) is 1.00. The van der Waals surface area contributed by atoms with Crippen molar-refractivity contribution < 1.29 is 0 Å². The van der Waals surface area contributed by atoms with Crippen LogP contribution in [0.3, 0.4) is 0 Å². The van der Waals surface area contributed by atoms with Crippen LogP contribution in [0.5, 0.6) is 0 Å². The van der Waals surface area contributed by atoms with Crippen LogP contribution in [0.15, 0.2) is 0 Å². The van der Waals surface area contributed by atoms with Crippen LogP contribution >= 0.6 is 0 Å². The Bertz CT molecular complexity index is 284. The molecule has 0 heterocycles. The van der Waals surface area contributed by atoms with Gasteiger partial charge < -0.3 is 11.1 Å². The molecule has 2 nitrogen and oxygen atoms in total. The van der Waals surface area contributed by atoms with Crippen molar-refractivity contribution in [3.8, 4) is 0 Å². The molecule has 3 N–H and O–H groups in total. The van der Waals surface area contributed by atoms with Gasteiger partial charge in [0.25, 0.3) is 0 Å². The molecular formula is C15H26N2. The van der Waals surface area contributed by atoms with Crippen LogP contribution < -0.4 is 11.1 Å². The summed E-state index contributed by atoms with van der Waals surface area (Å²) >= 11 is 0. The highest BCUT2D eigenvalue weighted by Gasteiger charge is 2.64. The summed E-state index contributed by atoms with van der Waals surface area (Å²) in [5.74, 6) is 3.25. The van der Waals surface area contributed by atoms with Crippen molar-refractivity contribution in [2.75, 3.05) is 13.1 Å². The van der Waals surface area contributed by atoms with E-state index < -0.39 is 0 Å². The Morgan fingerprint density at radius 2 is 1.47 bits per heavy atom. The average Bonchev–Trinajstić information content (AvgIpc) is 3.06. The summed E-state index contributed by atoms with van der Waals surface area (Å²) in [5, 5.41) is 3.85. The van der Waals surface area contributed by atoms with Crippen molar-refractivity contribution in [1.29, 1.82) is 0 Å². The monoisotopic (exact) mass is 234 g/mol. The molecular weight excluding hydrogens is 208 g/mol. The highest BCUT2D eigenvalue weighted by molar-refractivity contribution is 5.19. The van der Waals surface area contributed by atoms with E-state index in [0.29, 0.717) is 11.0 Å². The number of nitrogens with two attached hydrogens (primary N) is 1. The van der Waals surface area contributed by atoms with Crippen LogP contribution in [0.1, 0.15) is 51.4 Å². The normalized spacial score (nSPS) is 49.6. The van der Waals surface area contributed by atoms with Crippen molar-refractivity contribution >= 4 is 0 Å². The third-order valence-electron chi connectivity index (χ3n) is 6.41. The summed E-state index contributed by atoms with van der Waals surface area (Å²) in [6.07, 6.45) is 12.2. The van der Waals surface area contributed by atoms with Gasteiger partial charge in [-0.2, -0.15) is 0 Å². The minimum absolute atomic E-state index is 0.530. The lowest BCUT2D eigenvalue weighted by atomic mass is 9.47. The lowest BCUT2D eigenvalue weighted by Gasteiger charge is -2.60. The second kappa shape index (κ2) is 3.48. The third kappa shape index (κ3) is 1.46. The van der Waals surface area contributed by atoms with Gasteiger partial charge in [-0.05, 0) is 74.5 Å². The van der Waals surface area contributed by atoms with Gasteiger partial charge in [-0.3, -0.25) is 0 Å². The van der Waals surface area contributed by atoms with E-state index in [-0.39, 0.29) is 0 Å². The predicted molar refractivity (Wildman–Crippen MR) is 69.6 cm³/mol. The molecule has 0 aliphatic heterocycles. The Hall–Kier alpha value is -0.0800. The Kier molecular flexibility index (Phi) is 2.21. The molecule has 5 aliphatic carbocycles. The minimum Gasteiger partial charge on any atom is -0.329 e. The lowest BCUT2D eigenvalue weighted by molar-refractivity contribution is -0.0809. The molecule has 0 atom stereocenters. The van der Waals surface area contributed by atoms with E-state index in [1.165, 1.54) is 32.1 Å². The summed E-state index contributed by atoms with van der Waals surface area (Å²) < 4.78 is 0. The minimum atomic E-state index is 0.530. The van der Waals surface area contributed by atoms with Crippen LogP contribution in [0, 0.1) is 23.2 Å². The standard InChI is InChI=1S/C15H26N2/c16-3-4-17-15(1-2-15)14-8-11-5-12(9-14)7-13(6-11)10-14/h11-13,17H,1-10,16H2. The van der Waals surface area contributed by atoms with Gasteiger partial charge in [0.2, 0.25) is 0 Å². The molecule has 0 amide bonds. The first-order chi connectivity index (χ1) is 8.25. The summed E-state index contributed by atoms with van der Waals surface area (Å²) in [6.45, 7) is 1.83. The fourth-order valence-corrected chi connectivity index (χ4v) is 6.03. The second-order valence-corrected chi connectivity index (χ2v) is 7.50. The second-order valence-electron chi connectivity index (χ2n) is 7.50. The SMILES string of the molecule is NCCNC1(C23CC4CC(CC(C4)C2)C3)CC1. The number of nitrogens with one attached hydrogen (secondary N) is 1. The van der Waals surface area contributed by atoms with Gasteiger partial charge in [-0.15, -0.1) is 0 Å². The smallest absolute Gasteiger partial charge is 0.0239 e. The molecule has 5 rings (SSSR count). The van der Waals surface area contributed by atoms with Gasteiger partial charge >= 0.3 is 0 Å². The van der Waals surface area contributed by atoms with Crippen molar-refractivity contribution in [3.63, 3.8) is 0 Å². The number of hydrogen-bond donors (Lipinski definition) is 2. The molecule has 96 valence electrons. The van der Waals surface area contributed by atoms with Gasteiger partial charge in [-0.25, -0.2) is 0 Å². The average molecular weight is 234 g/mol. The van der Waals surface area contributed by atoms with E-state index in [2.05, 4.69) is 5.32 Å². The summed E-state index contributed by atoms with van der Waals surface area (Å²) in [4.78, 5) is 0. The first-order valence-corrected chi connectivity index (χ1v) is 7.70. The van der Waals surface area contributed by atoms with Gasteiger partial charge in [0.15, 0.2) is 0 Å². The van der Waals surface area contributed by atoms with E-state index in [4.69, 9.17) is 5.73 Å². The molecule has 4 bridgehead atoms. The van der Waals surface area contributed by atoms with E-state index in [0.717, 1.165) is 30.8 Å². The Balaban J connectivity index is 1.60. The van der Waals surface area contributed by atoms with Gasteiger partial charge in [0.05, 0.1) is 0 Å². The van der Waals surface area contributed by atoms with Crippen molar-refractivity contribution in [1.82, 2.24) is 5.32 Å². The zero-order valence-electron chi connectivity index (χ0n) is 10.9. The molecule has 2 heteroatoms. The molecule has 0 aromatic rings. The summed E-state index contributed by atoms with van der Waals surface area (Å²) in [6, 6.07) is 0. The van der Waals surface area contributed by atoms with Crippen molar-refractivity contribution in [2.45, 2.75) is 56.9 Å². The quantitative estimate of drug-likeness (QED) is 0.783. The van der Waals surface area contributed by atoms with E-state index in [1.807, 2.05) is 0 Å². The molecule has 17 heavy (non-hydrogen) atoms. The maximum Gasteiger partial charge on any atom is 0.0239 e. The molecule has 5 fully saturated rings. The Morgan fingerprint density at radius 1 is 0.941 bits per heavy atom.